The molecule has 0 heterocycles. The van der Waals surface area contributed by atoms with Crippen LogP contribution in [0, 0.1) is 20.2 Å². The molecule has 0 radical (unpaired) electrons. The van der Waals surface area contributed by atoms with Crippen LogP contribution in [0.15, 0.2) is 34.8 Å². The second-order valence-corrected chi connectivity index (χ2v) is 5.20. The lowest BCUT2D eigenvalue weighted by molar-refractivity contribution is -0.386. The van der Waals surface area contributed by atoms with Gasteiger partial charge in [0.2, 0.25) is 5.75 Å². The van der Waals surface area contributed by atoms with E-state index in [1.807, 2.05) is 0 Å². The van der Waals surface area contributed by atoms with Crippen molar-refractivity contribution in [2.75, 3.05) is 14.2 Å². The molecule has 10 nitrogen and oxygen atoms in total. The minimum Gasteiger partial charge on any atom is -0.502 e. The minimum atomic E-state index is -0.678. The zero-order valence-electron chi connectivity index (χ0n) is 13.0. The van der Waals surface area contributed by atoms with Crippen LogP contribution in [0.1, 0.15) is 0 Å². The molecule has 2 N–H and O–H groups in total. The average Bonchev–Trinajstić information content (AvgIpc) is 2.57. The Morgan fingerprint density at radius 2 is 1.44 bits per heavy atom. The van der Waals surface area contributed by atoms with Crippen molar-refractivity contribution in [3.8, 4) is 23.0 Å². The molecule has 0 atom stereocenters. The Hall–Kier alpha value is -3.08. The summed E-state index contributed by atoms with van der Waals surface area (Å²) in [5, 5.41) is 38.9. The van der Waals surface area contributed by atoms with E-state index in [2.05, 4.69) is 15.9 Å². The highest BCUT2D eigenvalue weighted by atomic mass is 79.9. The number of aromatic hydroxyl groups is 2. The summed E-state index contributed by atoms with van der Waals surface area (Å²) in [7, 11) is 2.79. The smallest absolute Gasteiger partial charge is 0.315 e. The van der Waals surface area contributed by atoms with Gasteiger partial charge in [-0.15, -0.1) is 0 Å². The van der Waals surface area contributed by atoms with E-state index in [0.29, 0.717) is 11.5 Å². The second kappa shape index (κ2) is 8.68. The van der Waals surface area contributed by atoms with Gasteiger partial charge in [0.1, 0.15) is 11.5 Å². The molecule has 0 amide bonds. The first-order chi connectivity index (χ1) is 11.7. The number of nitrogens with zero attached hydrogens (tertiary/aromatic N) is 2. The summed E-state index contributed by atoms with van der Waals surface area (Å²) in [5.74, 6) is -0.0949. The van der Waals surface area contributed by atoms with Gasteiger partial charge in [-0.3, -0.25) is 20.2 Å². The highest BCUT2D eigenvalue weighted by Gasteiger charge is 2.18. The lowest BCUT2D eigenvalue weighted by atomic mass is 10.3. The highest BCUT2D eigenvalue weighted by molar-refractivity contribution is 9.10. The van der Waals surface area contributed by atoms with Crippen molar-refractivity contribution in [1.29, 1.82) is 0 Å². The number of methoxy groups -OCH3 is 2. The third-order valence-electron chi connectivity index (χ3n) is 2.83. The molecule has 0 saturated carbocycles. The van der Waals surface area contributed by atoms with Crippen molar-refractivity contribution < 1.29 is 29.5 Å². The third-order valence-corrected chi connectivity index (χ3v) is 3.43. The Kier molecular flexibility index (Phi) is 6.93. The summed E-state index contributed by atoms with van der Waals surface area (Å²) in [6, 6.07) is 6.43. The summed E-state index contributed by atoms with van der Waals surface area (Å²) in [4.78, 5) is 19.3. The van der Waals surface area contributed by atoms with E-state index < -0.39 is 15.6 Å². The lowest BCUT2D eigenvalue weighted by Gasteiger charge is -2.02. The number of halogens is 1. The first-order valence-electron chi connectivity index (χ1n) is 6.43. The predicted octanol–water partition coefficient (Wildman–Crippen LogP) is 3.38. The molecule has 0 bridgehead atoms. The van der Waals surface area contributed by atoms with Crippen molar-refractivity contribution in [2.45, 2.75) is 0 Å². The molecule has 0 aliphatic rings. The molecular formula is C14H13BrN2O8. The average molecular weight is 417 g/mol. The van der Waals surface area contributed by atoms with E-state index in [1.165, 1.54) is 32.4 Å². The second-order valence-electron chi connectivity index (χ2n) is 4.35. The Morgan fingerprint density at radius 1 is 0.920 bits per heavy atom. The van der Waals surface area contributed by atoms with Gasteiger partial charge in [0.25, 0.3) is 0 Å². The minimum absolute atomic E-state index is 0.235. The molecule has 0 aliphatic heterocycles. The summed E-state index contributed by atoms with van der Waals surface area (Å²) in [5.41, 5.74) is -0.736. The fraction of sp³-hybridized carbons (Fsp3) is 0.143. The standard InChI is InChI=1S/C7H6BrNO4.C7H7NO4/c1-13-4-2-5(8)7(10)6(3-4)9(11)12;1-12-5-2-3-7(9)6(4-5)8(10)11/h2-3,10H,1H3;2-4,9H,1H3. The molecule has 0 unspecified atom stereocenters. The van der Waals surface area contributed by atoms with Crippen molar-refractivity contribution in [3.05, 3.63) is 55.0 Å². The Morgan fingerprint density at radius 3 is 1.92 bits per heavy atom. The van der Waals surface area contributed by atoms with E-state index in [9.17, 15) is 25.3 Å². The molecule has 0 aliphatic carbocycles. The van der Waals surface area contributed by atoms with Gasteiger partial charge in [0, 0.05) is 0 Å². The van der Waals surface area contributed by atoms with Crippen LogP contribution in [0.3, 0.4) is 0 Å². The normalized spacial score (nSPS) is 9.56. The fourth-order valence-corrected chi connectivity index (χ4v) is 2.02. The van der Waals surface area contributed by atoms with Crippen LogP contribution in [-0.2, 0) is 0 Å². The van der Waals surface area contributed by atoms with Gasteiger partial charge in [-0.1, -0.05) is 0 Å². The number of phenols is 2. The number of hydrogen-bond donors (Lipinski definition) is 2. The molecule has 0 aromatic heterocycles. The van der Waals surface area contributed by atoms with Gasteiger partial charge in [-0.25, -0.2) is 0 Å². The van der Waals surface area contributed by atoms with Crippen molar-refractivity contribution in [2.24, 2.45) is 0 Å². The summed E-state index contributed by atoms with van der Waals surface area (Å²) in [6.07, 6.45) is 0. The molecule has 134 valence electrons. The Labute approximate surface area is 149 Å². The Balaban J connectivity index is 0.000000251. The number of benzene rings is 2. The fourth-order valence-electron chi connectivity index (χ4n) is 1.59. The van der Waals surface area contributed by atoms with Crippen molar-refractivity contribution in [1.82, 2.24) is 0 Å². The van der Waals surface area contributed by atoms with Crippen LogP contribution in [0.5, 0.6) is 23.0 Å². The molecule has 25 heavy (non-hydrogen) atoms. The van der Waals surface area contributed by atoms with Gasteiger partial charge < -0.3 is 19.7 Å². The number of ether oxygens (including phenoxy) is 2. The van der Waals surface area contributed by atoms with E-state index in [-0.39, 0.29) is 21.6 Å². The zero-order valence-corrected chi connectivity index (χ0v) is 14.6. The lowest BCUT2D eigenvalue weighted by Crippen LogP contribution is -1.91. The quantitative estimate of drug-likeness (QED) is 0.569. The maximum Gasteiger partial charge on any atom is 0.315 e. The van der Waals surface area contributed by atoms with Gasteiger partial charge in [0.05, 0.1) is 40.7 Å². The van der Waals surface area contributed by atoms with Crippen LogP contribution in [-0.4, -0.2) is 34.3 Å². The SMILES string of the molecule is COc1cc(Br)c(O)c([N+](=O)[O-])c1.COc1ccc(O)c([N+](=O)[O-])c1. The van der Waals surface area contributed by atoms with Crippen molar-refractivity contribution in [3.63, 3.8) is 0 Å². The first kappa shape index (κ1) is 20.0. The van der Waals surface area contributed by atoms with E-state index >= 15 is 0 Å². The van der Waals surface area contributed by atoms with Gasteiger partial charge in [0.15, 0.2) is 5.75 Å². The summed E-state index contributed by atoms with van der Waals surface area (Å²) < 4.78 is 9.77. The molecule has 2 aromatic carbocycles. The molecule has 0 saturated heterocycles. The predicted molar refractivity (Wildman–Crippen MR) is 90.3 cm³/mol. The molecule has 2 rings (SSSR count). The third kappa shape index (κ3) is 5.21. The summed E-state index contributed by atoms with van der Waals surface area (Å²) in [6.45, 7) is 0. The van der Waals surface area contributed by atoms with Crippen LogP contribution in [0.4, 0.5) is 11.4 Å². The highest BCUT2D eigenvalue weighted by Crippen LogP contribution is 2.37. The largest absolute Gasteiger partial charge is 0.502 e. The molecule has 0 spiro atoms. The number of nitro groups is 2. The molecule has 11 heteroatoms. The topological polar surface area (TPSA) is 145 Å². The van der Waals surface area contributed by atoms with Crippen LogP contribution < -0.4 is 9.47 Å². The van der Waals surface area contributed by atoms with Crippen molar-refractivity contribution >= 4 is 27.3 Å². The Bertz CT molecular complexity index is 797. The number of hydrogen-bond acceptors (Lipinski definition) is 8. The molecule has 2 aromatic rings. The van der Waals surface area contributed by atoms with Crippen LogP contribution in [0.25, 0.3) is 0 Å². The van der Waals surface area contributed by atoms with Crippen LogP contribution in [0.2, 0.25) is 0 Å². The maximum atomic E-state index is 10.4. The van der Waals surface area contributed by atoms with E-state index in [4.69, 9.17) is 14.6 Å². The zero-order chi connectivity index (χ0) is 19.1. The maximum absolute atomic E-state index is 10.4. The summed E-state index contributed by atoms with van der Waals surface area (Å²) >= 11 is 2.97. The van der Waals surface area contributed by atoms with E-state index in [1.54, 1.807) is 0 Å². The van der Waals surface area contributed by atoms with E-state index in [0.717, 1.165) is 12.1 Å². The number of rotatable bonds is 4. The van der Waals surface area contributed by atoms with Crippen LogP contribution >= 0.6 is 15.9 Å². The molecular weight excluding hydrogens is 404 g/mol. The van der Waals surface area contributed by atoms with Gasteiger partial charge >= 0.3 is 11.4 Å². The first-order valence-corrected chi connectivity index (χ1v) is 7.22. The van der Waals surface area contributed by atoms with Gasteiger partial charge in [-0.05, 0) is 34.1 Å². The van der Waals surface area contributed by atoms with Gasteiger partial charge in [-0.2, -0.15) is 0 Å². The molecule has 0 fully saturated rings. The number of nitro benzene ring substituents is 2. The number of phenolic OH excluding ortho intramolecular Hbond substituents is 2. The monoisotopic (exact) mass is 416 g/mol.